The van der Waals surface area contributed by atoms with E-state index in [0.29, 0.717) is 5.56 Å². The highest BCUT2D eigenvalue weighted by Crippen LogP contribution is 2.56. The average molecular weight is 915 g/mol. The van der Waals surface area contributed by atoms with Crippen LogP contribution >= 0.6 is 0 Å². The fraction of sp³-hybridized carbons (Fsp3) is 0.385. The molecule has 0 unspecified atom stereocenters. The Morgan fingerprint density at radius 3 is 1.46 bits per heavy atom. The number of carboxylic acid groups (broad SMARTS) is 1. The predicted octanol–water partition coefficient (Wildman–Crippen LogP) is 18.5. The van der Waals surface area contributed by atoms with Crippen LogP contribution in [-0.2, 0) is 21.0 Å². The summed E-state index contributed by atoms with van der Waals surface area (Å²) >= 11 is 0. The molecule has 1 aliphatic rings. The maximum atomic E-state index is 11.4. The summed E-state index contributed by atoms with van der Waals surface area (Å²) in [7, 11) is 0. The van der Waals surface area contributed by atoms with Gasteiger partial charge in [-0.25, -0.2) is 4.79 Å². The van der Waals surface area contributed by atoms with E-state index in [-0.39, 0.29) is 21.8 Å². The normalized spacial score (nSPS) is 13.5. The van der Waals surface area contributed by atoms with Gasteiger partial charge in [0, 0.05) is 21.9 Å². The average Bonchev–Trinajstić information content (AvgIpc) is 3.81. The van der Waals surface area contributed by atoms with Gasteiger partial charge < -0.3 is 9.67 Å². The molecule has 4 nitrogen and oxygen atoms in total. The molecule has 1 N–H and O–H groups in total. The lowest BCUT2D eigenvalue weighted by Gasteiger charge is -2.33. The van der Waals surface area contributed by atoms with Gasteiger partial charge in [-0.3, -0.25) is 0 Å². The molecular weight excluding hydrogens is 841 g/mol. The van der Waals surface area contributed by atoms with Gasteiger partial charge in [0.05, 0.1) is 11.0 Å². The molecule has 6 aromatic carbocycles. The van der Waals surface area contributed by atoms with Crippen LogP contribution in [0.2, 0.25) is 0 Å². The van der Waals surface area contributed by atoms with Crippen molar-refractivity contribution >= 4 is 33.9 Å². The van der Waals surface area contributed by atoms with Crippen molar-refractivity contribution in [2.75, 3.05) is 0 Å². The van der Waals surface area contributed by atoms with Crippen molar-refractivity contribution in [1.29, 1.82) is 5.26 Å². The van der Waals surface area contributed by atoms with Crippen LogP contribution in [0.5, 0.6) is 0 Å². The number of hydrogen-bond acceptors (Lipinski definition) is 2. The Morgan fingerprint density at radius 1 is 0.551 bits per heavy atom. The van der Waals surface area contributed by atoms with Gasteiger partial charge in [0.2, 0.25) is 0 Å². The lowest BCUT2D eigenvalue weighted by molar-refractivity contribution is -0.132. The number of aliphatic carboxylic acids is 1. The first-order valence-corrected chi connectivity index (χ1v) is 26.1. The molecule has 356 valence electrons. The number of nitriles is 1. The first-order chi connectivity index (χ1) is 33.2. The second-order valence-electron chi connectivity index (χ2n) is 22.1. The summed E-state index contributed by atoms with van der Waals surface area (Å²) in [6.45, 7) is 18.5. The maximum absolute atomic E-state index is 11.4. The van der Waals surface area contributed by atoms with Crippen molar-refractivity contribution in [2.24, 2.45) is 0 Å². The van der Waals surface area contributed by atoms with Crippen LogP contribution in [-0.4, -0.2) is 15.6 Å². The molecule has 69 heavy (non-hydrogen) atoms. The fourth-order valence-electron chi connectivity index (χ4n) is 11.0. The van der Waals surface area contributed by atoms with Gasteiger partial charge in [0.15, 0.2) is 0 Å². The van der Waals surface area contributed by atoms with E-state index in [4.69, 9.17) is 0 Å². The summed E-state index contributed by atoms with van der Waals surface area (Å²) in [6.07, 6.45) is 19.0. The van der Waals surface area contributed by atoms with Gasteiger partial charge in [-0.15, -0.1) is 0 Å². The number of aromatic nitrogens is 1. The standard InChI is InChI=1S/C65H74N2O2/c1-9-11-13-15-17-19-37-65(38-20-18-16-14-12-10-2)58-40-49(48-27-25-47(26-28-48)46-23-21-45(22-24-46)39-50(44-66)62(68)69)29-33-54(58)55-34-32-53(43-59(55)65)67-60-35-30-51(63(3,4)5)41-56(60)57-42-52(64(6,7)8)31-36-61(57)67/h21-36,39-43H,9-20,37-38H2,1-8H3,(H,68,69)/b50-39-. The molecule has 0 saturated carbocycles. The number of rotatable bonds is 19. The second kappa shape index (κ2) is 20.8. The zero-order chi connectivity index (χ0) is 48.9. The van der Waals surface area contributed by atoms with Crippen LogP contribution < -0.4 is 0 Å². The molecule has 1 aliphatic carbocycles. The topological polar surface area (TPSA) is 66.0 Å². The Morgan fingerprint density at radius 2 is 0.986 bits per heavy atom. The number of benzene rings is 6. The third-order valence-electron chi connectivity index (χ3n) is 15.1. The molecule has 7 aromatic rings. The van der Waals surface area contributed by atoms with Crippen molar-refractivity contribution in [3.8, 4) is 45.1 Å². The smallest absolute Gasteiger partial charge is 0.346 e. The Labute approximate surface area is 413 Å². The maximum Gasteiger partial charge on any atom is 0.346 e. The second-order valence-corrected chi connectivity index (χ2v) is 22.1. The van der Waals surface area contributed by atoms with E-state index in [1.165, 1.54) is 155 Å². The molecule has 0 fully saturated rings. The molecule has 0 aliphatic heterocycles. The molecule has 1 aromatic heterocycles. The van der Waals surface area contributed by atoms with Crippen molar-refractivity contribution < 1.29 is 9.90 Å². The Kier molecular flexibility index (Phi) is 14.9. The molecular formula is C65H74N2O2. The summed E-state index contributed by atoms with van der Waals surface area (Å²) in [4.78, 5) is 11.4. The van der Waals surface area contributed by atoms with Gasteiger partial charge in [-0.2, -0.15) is 5.26 Å². The van der Waals surface area contributed by atoms with E-state index < -0.39 is 5.97 Å². The van der Waals surface area contributed by atoms with Gasteiger partial charge in [-0.05, 0) is 133 Å². The number of hydrogen-bond donors (Lipinski definition) is 1. The zero-order valence-electron chi connectivity index (χ0n) is 42.8. The van der Waals surface area contributed by atoms with Gasteiger partial charge in [-0.1, -0.05) is 211 Å². The third-order valence-corrected chi connectivity index (χ3v) is 15.1. The molecule has 0 amide bonds. The number of fused-ring (bicyclic) bond motifs is 6. The monoisotopic (exact) mass is 915 g/mol. The third kappa shape index (κ3) is 10.4. The minimum atomic E-state index is -1.22. The number of nitrogens with zero attached hydrogens (tertiary/aromatic N) is 2. The van der Waals surface area contributed by atoms with E-state index in [1.807, 2.05) is 24.3 Å². The summed E-state index contributed by atoms with van der Waals surface area (Å²) in [5, 5.41) is 21.2. The SMILES string of the molecule is CCCCCCCCC1(CCCCCCCC)c2cc(-c3ccc(-c4ccc(/C=C(/C#N)C(=O)O)cc4)cc3)ccc2-c2ccc(-n3c4ccc(C(C)(C)C)cc4c4cc(C(C)(C)C)ccc43)cc21. The van der Waals surface area contributed by atoms with Crippen LogP contribution in [0.25, 0.3) is 66.9 Å². The Balaban J connectivity index is 1.24. The quantitative estimate of drug-likeness (QED) is 0.0499. The molecule has 0 radical (unpaired) electrons. The predicted molar refractivity (Wildman–Crippen MR) is 292 cm³/mol. The van der Waals surface area contributed by atoms with Crippen LogP contribution in [0.1, 0.15) is 173 Å². The summed E-state index contributed by atoms with van der Waals surface area (Å²) in [5.41, 5.74) is 17.2. The Bertz CT molecular complexity index is 2930. The highest BCUT2D eigenvalue weighted by atomic mass is 16.4. The number of carboxylic acids is 1. The summed E-state index contributed by atoms with van der Waals surface area (Å²) in [5.74, 6) is -1.22. The highest BCUT2D eigenvalue weighted by molar-refractivity contribution is 6.10. The van der Waals surface area contributed by atoms with Gasteiger partial charge in [0.25, 0.3) is 0 Å². The lowest BCUT2D eigenvalue weighted by atomic mass is 9.70. The first kappa shape index (κ1) is 49.2. The molecule has 0 bridgehead atoms. The summed E-state index contributed by atoms with van der Waals surface area (Å²) < 4.78 is 2.56. The molecule has 0 atom stereocenters. The first-order valence-electron chi connectivity index (χ1n) is 26.1. The van der Waals surface area contributed by atoms with Crippen molar-refractivity contribution in [2.45, 2.75) is 162 Å². The molecule has 1 heterocycles. The molecule has 0 saturated heterocycles. The lowest BCUT2D eigenvalue weighted by Crippen LogP contribution is -2.26. The fourth-order valence-corrected chi connectivity index (χ4v) is 11.0. The van der Waals surface area contributed by atoms with Crippen molar-refractivity contribution in [3.63, 3.8) is 0 Å². The van der Waals surface area contributed by atoms with Gasteiger partial charge >= 0.3 is 5.97 Å². The summed E-state index contributed by atoms with van der Waals surface area (Å²) in [6, 6.07) is 47.5. The van der Waals surface area contributed by atoms with E-state index in [0.717, 1.165) is 24.0 Å². The highest BCUT2D eigenvalue weighted by Gasteiger charge is 2.43. The van der Waals surface area contributed by atoms with Crippen LogP contribution in [0.15, 0.2) is 127 Å². The van der Waals surface area contributed by atoms with Crippen LogP contribution in [0.3, 0.4) is 0 Å². The van der Waals surface area contributed by atoms with Crippen molar-refractivity contribution in [1.82, 2.24) is 4.57 Å². The van der Waals surface area contributed by atoms with E-state index >= 15 is 0 Å². The molecule has 0 spiro atoms. The van der Waals surface area contributed by atoms with E-state index in [2.05, 4.69) is 157 Å². The van der Waals surface area contributed by atoms with Crippen molar-refractivity contribution in [3.05, 3.63) is 155 Å². The number of carbonyl (C=O) groups is 1. The zero-order valence-corrected chi connectivity index (χ0v) is 42.8. The Hall–Kier alpha value is -6.18. The number of unbranched alkanes of at least 4 members (excludes halogenated alkanes) is 10. The van der Waals surface area contributed by atoms with Gasteiger partial charge in [0.1, 0.15) is 11.6 Å². The van der Waals surface area contributed by atoms with E-state index in [9.17, 15) is 15.2 Å². The minimum Gasteiger partial charge on any atom is -0.477 e. The molecule has 4 heteroatoms. The largest absolute Gasteiger partial charge is 0.477 e. The molecule has 8 rings (SSSR count). The minimum absolute atomic E-state index is 0.0396. The van der Waals surface area contributed by atoms with E-state index in [1.54, 1.807) is 6.07 Å². The van der Waals surface area contributed by atoms with Crippen LogP contribution in [0.4, 0.5) is 0 Å². The van der Waals surface area contributed by atoms with Crippen LogP contribution in [0, 0.1) is 11.3 Å².